The van der Waals surface area contributed by atoms with E-state index in [0.29, 0.717) is 37.2 Å². The van der Waals surface area contributed by atoms with Gasteiger partial charge < -0.3 is 15.8 Å². The summed E-state index contributed by atoms with van der Waals surface area (Å²) >= 11 is 3.94. The van der Waals surface area contributed by atoms with Gasteiger partial charge in [-0.05, 0) is 30.5 Å². The number of thioether (sulfide) groups is 2. The molecule has 0 aromatic heterocycles. The number of nitrogens with one attached hydrogen (secondary N) is 1. The van der Waals surface area contributed by atoms with E-state index in [1.165, 1.54) is 17.1 Å². The van der Waals surface area contributed by atoms with E-state index in [1.54, 1.807) is 0 Å². The molecule has 0 atom stereocenters. The average molecular weight is 338 g/mol. The molecule has 0 bridgehead atoms. The topological polar surface area (TPSA) is 64.4 Å². The Morgan fingerprint density at radius 2 is 2.05 bits per heavy atom. The molecular formula is C16H22N2O2S2. The Balaban J connectivity index is 1.71. The molecule has 22 heavy (non-hydrogen) atoms. The summed E-state index contributed by atoms with van der Waals surface area (Å²) < 4.78 is 5.86. The Morgan fingerprint density at radius 3 is 2.73 bits per heavy atom. The van der Waals surface area contributed by atoms with Gasteiger partial charge in [-0.1, -0.05) is 12.1 Å². The number of carbonyl (C=O) groups is 1. The number of nitrogens with two attached hydrogens (primary N) is 1. The van der Waals surface area contributed by atoms with Gasteiger partial charge >= 0.3 is 0 Å². The summed E-state index contributed by atoms with van der Waals surface area (Å²) in [7, 11) is 0. The summed E-state index contributed by atoms with van der Waals surface area (Å²) in [5.41, 5.74) is 7.57. The zero-order valence-electron chi connectivity index (χ0n) is 12.5. The predicted molar refractivity (Wildman–Crippen MR) is 94.3 cm³/mol. The van der Waals surface area contributed by atoms with E-state index >= 15 is 0 Å². The summed E-state index contributed by atoms with van der Waals surface area (Å²) in [5.74, 6) is 2.42. The number of benzene rings is 1. The molecule has 2 heterocycles. The maximum atomic E-state index is 12.7. The van der Waals surface area contributed by atoms with Gasteiger partial charge in [-0.25, -0.2) is 0 Å². The van der Waals surface area contributed by atoms with E-state index in [0.717, 1.165) is 5.69 Å². The van der Waals surface area contributed by atoms with Crippen molar-refractivity contribution in [3.8, 4) is 0 Å². The molecule has 3 rings (SSSR count). The van der Waals surface area contributed by atoms with Gasteiger partial charge in [0.05, 0.1) is 10.00 Å². The van der Waals surface area contributed by atoms with Crippen LogP contribution in [-0.4, -0.2) is 37.2 Å². The van der Waals surface area contributed by atoms with Crippen LogP contribution in [0, 0.1) is 5.41 Å². The van der Waals surface area contributed by atoms with Gasteiger partial charge in [-0.15, -0.1) is 23.5 Å². The predicted octanol–water partition coefficient (Wildman–Crippen LogP) is 2.86. The molecule has 4 nitrogen and oxygen atoms in total. The fourth-order valence-corrected chi connectivity index (χ4v) is 5.70. The second-order valence-electron chi connectivity index (χ2n) is 5.75. The lowest BCUT2D eigenvalue weighted by atomic mass is 9.79. The highest BCUT2D eigenvalue weighted by molar-refractivity contribution is 8.19. The fourth-order valence-electron chi connectivity index (χ4n) is 2.86. The third kappa shape index (κ3) is 3.45. The van der Waals surface area contributed by atoms with E-state index in [4.69, 9.17) is 10.5 Å². The maximum Gasteiger partial charge on any atom is 0.232 e. The number of anilines is 1. The number of carbonyl (C=O) groups excluding carboxylic acids is 1. The molecule has 0 unspecified atom stereocenters. The number of hydrogen-bond donors (Lipinski definition) is 2. The van der Waals surface area contributed by atoms with Crippen LogP contribution in [-0.2, 0) is 9.53 Å². The van der Waals surface area contributed by atoms with E-state index in [2.05, 4.69) is 17.4 Å². The van der Waals surface area contributed by atoms with Crippen molar-refractivity contribution in [3.05, 3.63) is 29.8 Å². The highest BCUT2D eigenvalue weighted by atomic mass is 32.2. The van der Waals surface area contributed by atoms with Crippen molar-refractivity contribution in [2.45, 2.75) is 17.4 Å². The van der Waals surface area contributed by atoms with Crippen LogP contribution in [0.4, 0.5) is 5.69 Å². The minimum atomic E-state index is -0.481. The van der Waals surface area contributed by atoms with Crippen molar-refractivity contribution >= 4 is 35.1 Å². The summed E-state index contributed by atoms with van der Waals surface area (Å²) in [6.45, 7) is 1.59. The Labute approximate surface area is 139 Å². The quantitative estimate of drug-likeness (QED) is 0.884. The number of rotatable bonds is 4. The first-order valence-corrected chi connectivity index (χ1v) is 9.76. The standard InChI is InChI=1S/C16H22N2O2S2/c17-11-16(4-6-20-7-5-16)15(19)18-13-3-1-2-12(10-13)14-21-8-9-22-14/h1-3,10,14H,4-9,11,17H2,(H,18,19). The van der Waals surface area contributed by atoms with Crippen molar-refractivity contribution in [2.75, 3.05) is 36.6 Å². The number of hydrogen-bond acceptors (Lipinski definition) is 5. The van der Waals surface area contributed by atoms with Crippen LogP contribution < -0.4 is 11.1 Å². The molecule has 3 N–H and O–H groups in total. The Hall–Kier alpha value is -0.690. The van der Waals surface area contributed by atoms with Crippen LogP contribution in [0.3, 0.4) is 0 Å². The lowest BCUT2D eigenvalue weighted by molar-refractivity contribution is -0.130. The lowest BCUT2D eigenvalue weighted by Crippen LogP contribution is -2.46. The van der Waals surface area contributed by atoms with Crippen molar-refractivity contribution in [3.63, 3.8) is 0 Å². The Morgan fingerprint density at radius 1 is 1.32 bits per heavy atom. The molecule has 2 saturated heterocycles. The van der Waals surface area contributed by atoms with Gasteiger partial charge in [0.2, 0.25) is 5.91 Å². The zero-order chi connectivity index (χ0) is 15.4. The maximum absolute atomic E-state index is 12.7. The minimum Gasteiger partial charge on any atom is -0.381 e. The average Bonchev–Trinajstić information content (AvgIpc) is 3.10. The molecule has 2 aliphatic heterocycles. The molecule has 1 aromatic rings. The molecule has 0 aliphatic carbocycles. The van der Waals surface area contributed by atoms with Crippen LogP contribution in [0.25, 0.3) is 0 Å². The molecule has 1 aromatic carbocycles. The third-order valence-electron chi connectivity index (χ3n) is 4.36. The van der Waals surface area contributed by atoms with Gasteiger partial charge in [0.15, 0.2) is 0 Å². The van der Waals surface area contributed by atoms with Gasteiger partial charge in [0.1, 0.15) is 0 Å². The van der Waals surface area contributed by atoms with E-state index in [9.17, 15) is 4.79 Å². The molecule has 0 radical (unpaired) electrons. The van der Waals surface area contributed by atoms with Crippen LogP contribution in [0.5, 0.6) is 0 Å². The summed E-state index contributed by atoms with van der Waals surface area (Å²) in [4.78, 5) is 12.7. The summed E-state index contributed by atoms with van der Waals surface area (Å²) in [5, 5.41) is 3.07. The smallest absolute Gasteiger partial charge is 0.232 e. The summed E-state index contributed by atoms with van der Waals surface area (Å²) in [6, 6.07) is 8.20. The number of ether oxygens (including phenoxy) is 1. The Bertz CT molecular complexity index is 527. The molecular weight excluding hydrogens is 316 g/mol. The molecule has 0 saturated carbocycles. The molecule has 0 spiro atoms. The van der Waals surface area contributed by atoms with Gasteiger partial charge in [0.25, 0.3) is 0 Å². The molecule has 1 amide bonds. The van der Waals surface area contributed by atoms with Crippen LogP contribution in [0.15, 0.2) is 24.3 Å². The second kappa shape index (κ2) is 7.25. The highest BCUT2D eigenvalue weighted by Gasteiger charge is 2.38. The molecule has 120 valence electrons. The van der Waals surface area contributed by atoms with Crippen LogP contribution in [0.2, 0.25) is 0 Å². The molecule has 2 fully saturated rings. The van der Waals surface area contributed by atoms with Gasteiger partial charge in [-0.2, -0.15) is 0 Å². The first kappa shape index (κ1) is 16.2. The Kier molecular flexibility index (Phi) is 5.33. The van der Waals surface area contributed by atoms with Gasteiger partial charge in [0, 0.05) is 37.0 Å². The lowest BCUT2D eigenvalue weighted by Gasteiger charge is -2.34. The summed E-state index contributed by atoms with van der Waals surface area (Å²) in [6.07, 6.45) is 1.40. The highest BCUT2D eigenvalue weighted by Crippen LogP contribution is 2.45. The largest absolute Gasteiger partial charge is 0.381 e. The van der Waals surface area contributed by atoms with Crippen LogP contribution >= 0.6 is 23.5 Å². The first-order chi connectivity index (χ1) is 10.7. The SMILES string of the molecule is NCC1(C(=O)Nc2cccc(C3SCCS3)c2)CCOCC1. The fraction of sp³-hybridized carbons (Fsp3) is 0.562. The van der Waals surface area contributed by atoms with E-state index in [1.807, 2.05) is 35.7 Å². The van der Waals surface area contributed by atoms with Gasteiger partial charge in [-0.3, -0.25) is 4.79 Å². The van der Waals surface area contributed by atoms with Crippen molar-refractivity contribution in [2.24, 2.45) is 11.1 Å². The normalized spacial score (nSPS) is 21.7. The molecule has 2 aliphatic rings. The zero-order valence-corrected chi connectivity index (χ0v) is 14.2. The first-order valence-electron chi connectivity index (χ1n) is 7.66. The van der Waals surface area contributed by atoms with E-state index < -0.39 is 5.41 Å². The van der Waals surface area contributed by atoms with Crippen LogP contribution in [0.1, 0.15) is 23.0 Å². The second-order valence-corrected chi connectivity index (χ2v) is 8.47. The van der Waals surface area contributed by atoms with E-state index in [-0.39, 0.29) is 5.91 Å². The third-order valence-corrected chi connectivity index (χ3v) is 7.47. The van der Waals surface area contributed by atoms with Crippen molar-refractivity contribution in [1.29, 1.82) is 0 Å². The number of amides is 1. The minimum absolute atomic E-state index is 0.0298. The van der Waals surface area contributed by atoms with Crippen molar-refractivity contribution in [1.82, 2.24) is 0 Å². The monoisotopic (exact) mass is 338 g/mol. The molecule has 6 heteroatoms. The van der Waals surface area contributed by atoms with Crippen molar-refractivity contribution < 1.29 is 9.53 Å².